The van der Waals surface area contributed by atoms with E-state index in [1.165, 1.54) is 5.39 Å². The fourth-order valence-electron chi connectivity index (χ4n) is 2.87. The molecule has 2 heterocycles. The average Bonchev–Trinajstić information content (AvgIpc) is 3.38. The molecule has 4 nitrogen and oxygen atoms in total. The molecule has 0 saturated heterocycles. The van der Waals surface area contributed by atoms with Gasteiger partial charge >= 0.3 is 0 Å². The van der Waals surface area contributed by atoms with Gasteiger partial charge in [0.15, 0.2) is 5.76 Å². The Balaban J connectivity index is 1.37. The van der Waals surface area contributed by atoms with Crippen LogP contribution < -0.4 is 10.1 Å². The number of hydrogen-bond donors (Lipinski definition) is 1. The van der Waals surface area contributed by atoms with Crippen molar-refractivity contribution in [3.05, 3.63) is 88.5 Å². The van der Waals surface area contributed by atoms with Gasteiger partial charge in [-0.05, 0) is 53.4 Å². The van der Waals surface area contributed by atoms with Gasteiger partial charge in [-0.3, -0.25) is 4.79 Å². The number of thiophene rings is 1. The van der Waals surface area contributed by atoms with Gasteiger partial charge in [0.2, 0.25) is 0 Å². The van der Waals surface area contributed by atoms with Gasteiger partial charge < -0.3 is 14.5 Å². The number of furan rings is 1. The molecule has 0 bridgehead atoms. The summed E-state index contributed by atoms with van der Waals surface area (Å²) in [6.45, 7) is 2.22. The van der Waals surface area contributed by atoms with Crippen LogP contribution in [0.1, 0.15) is 34.2 Å². The minimum Gasteiger partial charge on any atom is -0.486 e. The third-order valence-corrected chi connectivity index (χ3v) is 5.36. The third kappa shape index (κ3) is 4.04. The molecule has 4 rings (SSSR count). The lowest BCUT2D eigenvalue weighted by atomic mass is 10.1. The highest BCUT2D eigenvalue weighted by Gasteiger charge is 2.15. The Kier molecular flexibility index (Phi) is 4.94. The summed E-state index contributed by atoms with van der Waals surface area (Å²) < 4.78 is 11.4. The molecule has 0 fully saturated rings. The van der Waals surface area contributed by atoms with E-state index in [-0.39, 0.29) is 24.3 Å². The lowest BCUT2D eigenvalue weighted by molar-refractivity contribution is 0.0908. The van der Waals surface area contributed by atoms with E-state index in [9.17, 15) is 4.79 Å². The molecule has 5 heteroatoms. The van der Waals surface area contributed by atoms with Crippen molar-refractivity contribution >= 4 is 28.0 Å². The SMILES string of the molecule is C[C@@H](NC(=O)c1ccc(COc2ccc3ccccc3c2)o1)c1cccs1. The Morgan fingerprint density at radius 2 is 1.93 bits per heavy atom. The average molecular weight is 377 g/mol. The van der Waals surface area contributed by atoms with Crippen molar-refractivity contribution in [1.29, 1.82) is 0 Å². The normalized spacial score (nSPS) is 12.0. The molecule has 0 aliphatic rings. The molecule has 1 amide bonds. The minimum atomic E-state index is -0.229. The van der Waals surface area contributed by atoms with Crippen LogP contribution in [-0.2, 0) is 6.61 Å². The van der Waals surface area contributed by atoms with Gasteiger partial charge in [-0.15, -0.1) is 11.3 Å². The summed E-state index contributed by atoms with van der Waals surface area (Å²) in [6, 6.07) is 21.4. The van der Waals surface area contributed by atoms with Crippen molar-refractivity contribution in [3.63, 3.8) is 0 Å². The molecule has 4 aromatic rings. The van der Waals surface area contributed by atoms with E-state index >= 15 is 0 Å². The molecule has 2 aromatic heterocycles. The molecule has 1 atom stereocenters. The summed E-state index contributed by atoms with van der Waals surface area (Å²) in [5.74, 6) is 1.43. The van der Waals surface area contributed by atoms with Crippen LogP contribution in [0.4, 0.5) is 0 Å². The van der Waals surface area contributed by atoms with Crippen molar-refractivity contribution in [2.75, 3.05) is 0 Å². The van der Waals surface area contributed by atoms with E-state index in [0.717, 1.165) is 16.0 Å². The van der Waals surface area contributed by atoms with Crippen molar-refractivity contribution < 1.29 is 13.9 Å². The Morgan fingerprint density at radius 3 is 2.74 bits per heavy atom. The van der Waals surface area contributed by atoms with Crippen LogP contribution in [-0.4, -0.2) is 5.91 Å². The van der Waals surface area contributed by atoms with E-state index in [4.69, 9.17) is 9.15 Å². The van der Waals surface area contributed by atoms with E-state index in [1.54, 1.807) is 23.5 Å². The van der Waals surface area contributed by atoms with Crippen molar-refractivity contribution in [2.24, 2.45) is 0 Å². The lowest BCUT2D eigenvalue weighted by Gasteiger charge is -2.10. The summed E-state index contributed by atoms with van der Waals surface area (Å²) in [5, 5.41) is 7.23. The molecule has 0 spiro atoms. The molecule has 27 heavy (non-hydrogen) atoms. The predicted molar refractivity (Wildman–Crippen MR) is 107 cm³/mol. The first-order valence-corrected chi connectivity index (χ1v) is 9.61. The number of carbonyl (C=O) groups excluding carboxylic acids is 1. The van der Waals surface area contributed by atoms with Crippen LogP contribution in [0.5, 0.6) is 5.75 Å². The summed E-state index contributed by atoms with van der Waals surface area (Å²) in [6.07, 6.45) is 0. The summed E-state index contributed by atoms with van der Waals surface area (Å²) in [4.78, 5) is 13.4. The number of ether oxygens (including phenoxy) is 1. The largest absolute Gasteiger partial charge is 0.486 e. The van der Waals surface area contributed by atoms with Gasteiger partial charge in [0.05, 0.1) is 6.04 Å². The van der Waals surface area contributed by atoms with Crippen LogP contribution in [0.15, 0.2) is 76.5 Å². The maximum absolute atomic E-state index is 12.3. The number of amides is 1. The third-order valence-electron chi connectivity index (χ3n) is 4.31. The number of nitrogens with one attached hydrogen (secondary N) is 1. The van der Waals surface area contributed by atoms with Crippen LogP contribution in [0.3, 0.4) is 0 Å². The zero-order valence-electron chi connectivity index (χ0n) is 14.8. The Hall–Kier alpha value is -3.05. The molecule has 2 aromatic carbocycles. The lowest BCUT2D eigenvalue weighted by Crippen LogP contribution is -2.25. The highest BCUT2D eigenvalue weighted by molar-refractivity contribution is 7.10. The fourth-order valence-corrected chi connectivity index (χ4v) is 3.60. The van der Waals surface area contributed by atoms with Crippen molar-refractivity contribution in [2.45, 2.75) is 19.6 Å². The molecule has 0 radical (unpaired) electrons. The van der Waals surface area contributed by atoms with Gasteiger partial charge in [0, 0.05) is 4.88 Å². The highest BCUT2D eigenvalue weighted by atomic mass is 32.1. The molecule has 0 aliphatic heterocycles. The number of hydrogen-bond acceptors (Lipinski definition) is 4. The maximum Gasteiger partial charge on any atom is 0.287 e. The number of fused-ring (bicyclic) bond motifs is 1. The van der Waals surface area contributed by atoms with Gasteiger partial charge in [-0.25, -0.2) is 0 Å². The van der Waals surface area contributed by atoms with Gasteiger partial charge in [0.1, 0.15) is 18.1 Å². The number of carbonyl (C=O) groups is 1. The molecule has 136 valence electrons. The minimum absolute atomic E-state index is 0.0556. The summed E-state index contributed by atoms with van der Waals surface area (Å²) >= 11 is 1.61. The second-order valence-electron chi connectivity index (χ2n) is 6.27. The Labute approximate surface area is 161 Å². The van der Waals surface area contributed by atoms with Gasteiger partial charge in [0.25, 0.3) is 5.91 Å². The zero-order chi connectivity index (χ0) is 18.6. The van der Waals surface area contributed by atoms with E-state index in [1.807, 2.05) is 60.8 Å². The first-order valence-electron chi connectivity index (χ1n) is 8.73. The van der Waals surface area contributed by atoms with Crippen LogP contribution in [0.25, 0.3) is 10.8 Å². The molecule has 1 N–H and O–H groups in total. The topological polar surface area (TPSA) is 51.5 Å². The first-order chi connectivity index (χ1) is 13.2. The summed E-state index contributed by atoms with van der Waals surface area (Å²) in [7, 11) is 0. The highest BCUT2D eigenvalue weighted by Crippen LogP contribution is 2.22. The van der Waals surface area contributed by atoms with Crippen molar-refractivity contribution in [3.8, 4) is 5.75 Å². The molecule has 0 aliphatic carbocycles. The second kappa shape index (κ2) is 7.68. The standard InChI is InChI=1S/C22H19NO3S/c1-15(21-7-4-12-27-21)23-22(24)20-11-10-19(26-20)14-25-18-9-8-16-5-2-3-6-17(16)13-18/h2-13,15H,14H2,1H3,(H,23,24)/t15-/m1/s1. The van der Waals surface area contributed by atoms with Gasteiger partial charge in [-0.1, -0.05) is 36.4 Å². The first kappa shape index (κ1) is 17.4. The molecule has 0 unspecified atom stereocenters. The number of benzene rings is 2. The smallest absolute Gasteiger partial charge is 0.287 e. The van der Waals surface area contributed by atoms with E-state index in [0.29, 0.717) is 5.76 Å². The quantitative estimate of drug-likeness (QED) is 0.478. The van der Waals surface area contributed by atoms with Crippen LogP contribution in [0.2, 0.25) is 0 Å². The van der Waals surface area contributed by atoms with E-state index in [2.05, 4.69) is 11.4 Å². The van der Waals surface area contributed by atoms with Crippen LogP contribution >= 0.6 is 11.3 Å². The molecule has 0 saturated carbocycles. The fraction of sp³-hybridized carbons (Fsp3) is 0.136. The monoisotopic (exact) mass is 377 g/mol. The van der Waals surface area contributed by atoms with Gasteiger partial charge in [-0.2, -0.15) is 0 Å². The zero-order valence-corrected chi connectivity index (χ0v) is 15.7. The molecular formula is C22H19NO3S. The number of rotatable bonds is 6. The Bertz CT molecular complexity index is 1050. The molecular weight excluding hydrogens is 358 g/mol. The summed E-state index contributed by atoms with van der Waals surface area (Å²) in [5.41, 5.74) is 0. The van der Waals surface area contributed by atoms with E-state index < -0.39 is 0 Å². The predicted octanol–water partition coefficient (Wildman–Crippen LogP) is 5.56. The second-order valence-corrected chi connectivity index (χ2v) is 7.25. The maximum atomic E-state index is 12.3. The Morgan fingerprint density at radius 1 is 1.07 bits per heavy atom. The van der Waals surface area contributed by atoms with Crippen molar-refractivity contribution in [1.82, 2.24) is 5.32 Å². The van der Waals surface area contributed by atoms with Crippen LogP contribution in [0, 0.1) is 0 Å².